The summed E-state index contributed by atoms with van der Waals surface area (Å²) in [6, 6.07) is 6.74. The quantitative estimate of drug-likeness (QED) is 0.375. The molecule has 0 bridgehead atoms. The average molecular weight is 274 g/mol. The van der Waals surface area contributed by atoms with Gasteiger partial charge in [0.05, 0.1) is 6.10 Å². The molecular weight excluding hydrogens is 256 g/mol. The predicted octanol–water partition coefficient (Wildman–Crippen LogP) is 2.40. The van der Waals surface area contributed by atoms with Crippen molar-refractivity contribution in [3.63, 3.8) is 0 Å². The molecule has 0 aliphatic rings. The molecule has 20 heavy (non-hydrogen) atoms. The molecule has 1 N–H and O–H groups in total. The van der Waals surface area contributed by atoms with Crippen LogP contribution < -0.4 is 4.74 Å². The number of aliphatic hydroxyl groups excluding tert-OH is 1. The first-order valence-electron chi connectivity index (χ1n) is 6.23. The third kappa shape index (κ3) is 5.12. The molecule has 0 aliphatic carbocycles. The Morgan fingerprint density at radius 3 is 2.85 bits per heavy atom. The van der Waals surface area contributed by atoms with E-state index in [1.165, 1.54) is 6.20 Å². The molecule has 106 valence electrons. The molecule has 2 unspecified atom stereocenters. The van der Waals surface area contributed by atoms with Crippen LogP contribution in [-0.2, 0) is 0 Å². The molecule has 2 atom stereocenters. The highest BCUT2D eigenvalue weighted by Gasteiger charge is 2.10. The first kappa shape index (κ1) is 15.7. The zero-order chi connectivity index (χ0) is 15.0. The van der Waals surface area contributed by atoms with Gasteiger partial charge in [-0.2, -0.15) is 0 Å². The van der Waals surface area contributed by atoms with Crippen LogP contribution in [0.25, 0.3) is 6.08 Å². The number of azo groups is 1. The highest BCUT2D eigenvalue weighted by molar-refractivity contribution is 5.56. The van der Waals surface area contributed by atoms with Crippen molar-refractivity contribution in [2.24, 2.45) is 5.11 Å². The topological polar surface area (TPSA) is 67.9 Å². The van der Waals surface area contributed by atoms with Crippen LogP contribution in [-0.4, -0.2) is 28.7 Å². The Morgan fingerprint density at radius 1 is 1.50 bits per heavy atom. The van der Waals surface area contributed by atoms with Crippen molar-refractivity contribution in [2.45, 2.75) is 26.0 Å². The summed E-state index contributed by atoms with van der Waals surface area (Å²) in [7, 11) is 0. The molecule has 1 aromatic rings. The van der Waals surface area contributed by atoms with Crippen LogP contribution in [0.3, 0.4) is 0 Å². The molecule has 0 spiro atoms. The molecule has 5 nitrogen and oxygen atoms in total. The first-order valence-corrected chi connectivity index (χ1v) is 6.23. The molecule has 0 saturated carbocycles. The van der Waals surface area contributed by atoms with E-state index in [9.17, 15) is 10.3 Å². The molecule has 0 aromatic heterocycles. The number of hydroxylamine groups is 1. The van der Waals surface area contributed by atoms with Gasteiger partial charge in [0, 0.05) is 11.6 Å². The average Bonchev–Trinajstić information content (AvgIpc) is 2.43. The molecule has 5 heteroatoms. The van der Waals surface area contributed by atoms with Crippen molar-refractivity contribution in [1.82, 2.24) is 0 Å². The summed E-state index contributed by atoms with van der Waals surface area (Å²) in [6.45, 7) is 3.40. The largest absolute Gasteiger partial charge is 0.595 e. The summed E-state index contributed by atoms with van der Waals surface area (Å²) >= 11 is 0. The van der Waals surface area contributed by atoms with Crippen molar-refractivity contribution in [2.75, 3.05) is 6.61 Å². The van der Waals surface area contributed by atoms with Crippen LogP contribution >= 0.6 is 0 Å². The third-order valence-corrected chi connectivity index (χ3v) is 2.61. The fraction of sp³-hybridized carbons (Fsp3) is 0.333. The van der Waals surface area contributed by atoms with Crippen molar-refractivity contribution in [1.29, 1.82) is 0 Å². The molecule has 0 amide bonds. The van der Waals surface area contributed by atoms with Gasteiger partial charge in [-0.3, -0.25) is 0 Å². The van der Waals surface area contributed by atoms with Crippen molar-refractivity contribution < 1.29 is 14.7 Å². The summed E-state index contributed by atoms with van der Waals surface area (Å²) in [6.07, 6.45) is 7.31. The van der Waals surface area contributed by atoms with Gasteiger partial charge in [-0.05, 0) is 25.0 Å². The number of hydrogen-bond donors (Lipinski definition) is 1. The molecule has 1 rings (SSSR count). The lowest BCUT2D eigenvalue weighted by molar-refractivity contribution is -0.462. The van der Waals surface area contributed by atoms with Gasteiger partial charge in [0.1, 0.15) is 18.4 Å². The van der Waals surface area contributed by atoms with Crippen LogP contribution in [0.5, 0.6) is 5.75 Å². The third-order valence-electron chi connectivity index (χ3n) is 2.61. The van der Waals surface area contributed by atoms with Crippen LogP contribution in [0.4, 0.5) is 0 Å². The Bertz CT molecular complexity index is 530. The molecule has 0 radical (unpaired) electrons. The lowest BCUT2D eigenvalue weighted by Gasteiger charge is -2.06. The highest BCUT2D eigenvalue weighted by Crippen LogP contribution is 2.19. The van der Waals surface area contributed by atoms with Gasteiger partial charge in [-0.25, -0.2) is 0 Å². The van der Waals surface area contributed by atoms with Crippen molar-refractivity contribution in [3.8, 4) is 18.1 Å². The number of terminal acetylenes is 1. The maximum atomic E-state index is 11.5. The lowest BCUT2D eigenvalue weighted by Crippen LogP contribution is -2.18. The van der Waals surface area contributed by atoms with Crippen LogP contribution in [0.1, 0.15) is 19.4 Å². The Kier molecular flexibility index (Phi) is 6.27. The second-order valence-electron chi connectivity index (χ2n) is 4.25. The monoisotopic (exact) mass is 274 g/mol. The molecule has 0 fully saturated rings. The van der Waals surface area contributed by atoms with Gasteiger partial charge in [0.15, 0.2) is 0 Å². The van der Waals surface area contributed by atoms with Gasteiger partial charge in [-0.15, -0.1) is 6.42 Å². The first-order chi connectivity index (χ1) is 9.54. The van der Waals surface area contributed by atoms with E-state index in [2.05, 4.69) is 11.0 Å². The maximum absolute atomic E-state index is 11.5. The fourth-order valence-corrected chi connectivity index (χ4v) is 1.33. The Labute approximate surface area is 118 Å². The predicted molar refractivity (Wildman–Crippen MR) is 77.0 cm³/mol. The lowest BCUT2D eigenvalue weighted by atomic mass is 10.2. The number of rotatable bonds is 6. The SMILES string of the molecule is C#CCOc1ccccc1C=C[N+]([O-])=NC(C)C(C)O. The summed E-state index contributed by atoms with van der Waals surface area (Å²) in [5.41, 5.74) is 0.725. The molecule has 0 aliphatic heterocycles. The second kappa shape index (κ2) is 7.97. The van der Waals surface area contributed by atoms with E-state index in [4.69, 9.17) is 11.2 Å². The number of benzene rings is 1. The van der Waals surface area contributed by atoms with E-state index in [-0.39, 0.29) is 6.61 Å². The van der Waals surface area contributed by atoms with Crippen LogP contribution in [0.15, 0.2) is 35.6 Å². The summed E-state index contributed by atoms with van der Waals surface area (Å²) in [5.74, 6) is 2.98. The molecule has 0 saturated heterocycles. The Hall–Kier alpha value is -2.32. The number of ether oxygens (including phenoxy) is 1. The Balaban J connectivity index is 2.82. The smallest absolute Gasteiger partial charge is 0.210 e. The van der Waals surface area contributed by atoms with E-state index >= 15 is 0 Å². The number of nitrogens with zero attached hydrogens (tertiary/aromatic N) is 2. The van der Waals surface area contributed by atoms with E-state index in [0.717, 1.165) is 5.56 Å². The molecular formula is C15H18N2O3. The van der Waals surface area contributed by atoms with Gasteiger partial charge in [0.25, 0.3) is 0 Å². The summed E-state index contributed by atoms with van der Waals surface area (Å²) < 4.78 is 5.36. The van der Waals surface area contributed by atoms with Crippen LogP contribution in [0.2, 0.25) is 0 Å². The number of aliphatic hydroxyl groups is 1. The number of hydrogen-bond acceptors (Lipinski definition) is 4. The Morgan fingerprint density at radius 2 is 2.20 bits per heavy atom. The minimum Gasteiger partial charge on any atom is -0.595 e. The van der Waals surface area contributed by atoms with Crippen LogP contribution in [0, 0.1) is 17.6 Å². The zero-order valence-corrected chi connectivity index (χ0v) is 11.6. The maximum Gasteiger partial charge on any atom is 0.210 e. The summed E-state index contributed by atoms with van der Waals surface area (Å²) in [4.78, 5) is 0.426. The normalized spacial score (nSPS) is 14.8. The highest BCUT2D eigenvalue weighted by atomic mass is 16.5. The van der Waals surface area contributed by atoms with Gasteiger partial charge < -0.3 is 15.1 Å². The summed E-state index contributed by atoms with van der Waals surface area (Å²) in [5, 5.41) is 24.6. The zero-order valence-electron chi connectivity index (χ0n) is 11.6. The minimum absolute atomic E-state index is 0.162. The second-order valence-corrected chi connectivity index (χ2v) is 4.25. The molecule has 1 aromatic carbocycles. The number of para-hydroxylation sites is 1. The minimum atomic E-state index is -0.675. The fourth-order valence-electron chi connectivity index (χ4n) is 1.33. The van der Waals surface area contributed by atoms with E-state index in [0.29, 0.717) is 10.6 Å². The van der Waals surface area contributed by atoms with E-state index in [1.54, 1.807) is 32.1 Å². The van der Waals surface area contributed by atoms with E-state index < -0.39 is 12.1 Å². The van der Waals surface area contributed by atoms with Gasteiger partial charge in [0.2, 0.25) is 6.20 Å². The standard InChI is InChI=1S/C15H18N2O3/c1-4-11-20-15-8-6-5-7-14(15)9-10-17(19)16-12(2)13(3)18/h1,5-10,12-13,18H,11H2,2-3H3. The van der Waals surface area contributed by atoms with Crippen molar-refractivity contribution >= 4 is 6.08 Å². The van der Waals surface area contributed by atoms with E-state index in [1.807, 2.05) is 12.1 Å². The van der Waals surface area contributed by atoms with Gasteiger partial charge in [-0.1, -0.05) is 29.0 Å². The van der Waals surface area contributed by atoms with Gasteiger partial charge >= 0.3 is 0 Å². The van der Waals surface area contributed by atoms with Crippen molar-refractivity contribution in [3.05, 3.63) is 41.2 Å². The molecule has 0 heterocycles.